The molecule has 4 rings (SSSR count). The van der Waals surface area contributed by atoms with E-state index in [4.69, 9.17) is 4.52 Å². The first-order chi connectivity index (χ1) is 13.4. The summed E-state index contributed by atoms with van der Waals surface area (Å²) in [4.78, 5) is 4.87. The van der Waals surface area contributed by atoms with E-state index in [-0.39, 0.29) is 5.92 Å². The quantitative estimate of drug-likeness (QED) is 0.667. The van der Waals surface area contributed by atoms with Crippen molar-refractivity contribution in [1.82, 2.24) is 14.4 Å². The van der Waals surface area contributed by atoms with Gasteiger partial charge in [-0.1, -0.05) is 46.6 Å². The summed E-state index contributed by atoms with van der Waals surface area (Å²) in [5.74, 6) is 0.942. The number of nitrogens with zero attached hydrogens (tertiary/aromatic N) is 3. The maximum absolute atomic E-state index is 13.0. The second kappa shape index (κ2) is 7.48. The minimum absolute atomic E-state index is 0.0972. The molecule has 3 aromatic rings. The van der Waals surface area contributed by atoms with Gasteiger partial charge in [-0.3, -0.25) is 0 Å². The molecular formula is C21H23N3O3S. The second-order valence-corrected chi connectivity index (χ2v) is 9.28. The van der Waals surface area contributed by atoms with Gasteiger partial charge in [-0.05, 0) is 44.9 Å². The highest BCUT2D eigenvalue weighted by Crippen LogP contribution is 2.30. The molecule has 1 unspecified atom stereocenters. The third kappa shape index (κ3) is 3.72. The molecule has 0 spiro atoms. The van der Waals surface area contributed by atoms with E-state index in [0.29, 0.717) is 29.7 Å². The van der Waals surface area contributed by atoms with E-state index < -0.39 is 10.0 Å². The fraction of sp³-hybridized carbons (Fsp3) is 0.333. The number of sulfonamides is 1. The predicted octanol–water partition coefficient (Wildman–Crippen LogP) is 3.92. The average molecular weight is 398 g/mol. The van der Waals surface area contributed by atoms with Crippen LogP contribution in [-0.4, -0.2) is 36.0 Å². The molecule has 0 radical (unpaired) electrons. The molecule has 1 saturated heterocycles. The van der Waals surface area contributed by atoms with Crippen LogP contribution in [0, 0.1) is 13.8 Å². The van der Waals surface area contributed by atoms with Crippen molar-refractivity contribution >= 4 is 10.0 Å². The molecule has 2 heterocycles. The molecular weight excluding hydrogens is 374 g/mol. The van der Waals surface area contributed by atoms with Gasteiger partial charge in [0.05, 0.1) is 10.8 Å². The van der Waals surface area contributed by atoms with Gasteiger partial charge in [0, 0.05) is 18.7 Å². The Balaban J connectivity index is 1.55. The minimum Gasteiger partial charge on any atom is -0.339 e. The van der Waals surface area contributed by atoms with Crippen LogP contribution >= 0.6 is 0 Å². The summed E-state index contributed by atoms with van der Waals surface area (Å²) in [7, 11) is -3.53. The molecule has 146 valence electrons. The van der Waals surface area contributed by atoms with Crippen LogP contribution in [0.5, 0.6) is 0 Å². The van der Waals surface area contributed by atoms with Gasteiger partial charge < -0.3 is 4.52 Å². The maximum atomic E-state index is 13.0. The van der Waals surface area contributed by atoms with Crippen molar-refractivity contribution in [2.24, 2.45) is 0 Å². The van der Waals surface area contributed by atoms with E-state index in [0.717, 1.165) is 29.5 Å². The van der Waals surface area contributed by atoms with Crippen molar-refractivity contribution in [3.63, 3.8) is 0 Å². The zero-order valence-corrected chi connectivity index (χ0v) is 16.8. The fourth-order valence-electron chi connectivity index (χ4n) is 3.52. The smallest absolute Gasteiger partial charge is 0.243 e. The summed E-state index contributed by atoms with van der Waals surface area (Å²) in [5.41, 5.74) is 3.05. The topological polar surface area (TPSA) is 76.3 Å². The standard InChI is InChI=1S/C21H23N3O3S/c1-15-8-10-19(11-9-15)28(25,26)24-12-4-7-18(14-24)21-22-20(23-27-21)17-6-3-5-16(2)13-17/h3,5-6,8-11,13,18H,4,7,12,14H2,1-2H3. The third-order valence-corrected chi connectivity index (χ3v) is 6.99. The predicted molar refractivity (Wildman–Crippen MR) is 106 cm³/mol. The van der Waals surface area contributed by atoms with Crippen molar-refractivity contribution < 1.29 is 12.9 Å². The van der Waals surface area contributed by atoms with Crippen molar-refractivity contribution in [2.45, 2.75) is 37.5 Å². The van der Waals surface area contributed by atoms with Crippen LogP contribution in [-0.2, 0) is 10.0 Å². The molecule has 2 aromatic carbocycles. The highest BCUT2D eigenvalue weighted by molar-refractivity contribution is 7.89. The molecule has 7 heteroatoms. The number of aromatic nitrogens is 2. The number of hydrogen-bond donors (Lipinski definition) is 0. The molecule has 0 saturated carbocycles. The molecule has 1 aliphatic heterocycles. The maximum Gasteiger partial charge on any atom is 0.243 e. The van der Waals surface area contributed by atoms with E-state index in [2.05, 4.69) is 10.1 Å². The summed E-state index contributed by atoms with van der Waals surface area (Å²) < 4.78 is 33.0. The van der Waals surface area contributed by atoms with Crippen LogP contribution in [0.3, 0.4) is 0 Å². The summed E-state index contributed by atoms with van der Waals surface area (Å²) >= 11 is 0. The van der Waals surface area contributed by atoms with Crippen LogP contribution in [0.1, 0.15) is 35.8 Å². The van der Waals surface area contributed by atoms with Gasteiger partial charge in [-0.25, -0.2) is 8.42 Å². The molecule has 1 fully saturated rings. The highest BCUT2D eigenvalue weighted by atomic mass is 32.2. The van der Waals surface area contributed by atoms with Crippen LogP contribution in [0.15, 0.2) is 57.9 Å². The first-order valence-electron chi connectivity index (χ1n) is 9.41. The minimum atomic E-state index is -3.53. The Morgan fingerprint density at radius 3 is 2.61 bits per heavy atom. The van der Waals surface area contributed by atoms with Gasteiger partial charge in [-0.15, -0.1) is 0 Å². The highest BCUT2D eigenvalue weighted by Gasteiger charge is 2.33. The molecule has 0 bridgehead atoms. The summed E-state index contributed by atoms with van der Waals surface area (Å²) in [6.45, 7) is 4.81. The van der Waals surface area contributed by atoms with Crippen molar-refractivity contribution in [2.75, 3.05) is 13.1 Å². The molecule has 1 aromatic heterocycles. The molecule has 0 amide bonds. The third-order valence-electron chi connectivity index (χ3n) is 5.11. The van der Waals surface area contributed by atoms with Gasteiger partial charge in [0.1, 0.15) is 0 Å². The lowest BCUT2D eigenvalue weighted by molar-refractivity contribution is 0.265. The van der Waals surface area contributed by atoms with E-state index >= 15 is 0 Å². The molecule has 28 heavy (non-hydrogen) atoms. The average Bonchev–Trinajstić information content (AvgIpc) is 3.19. The Labute approximate surface area is 165 Å². The number of piperidine rings is 1. The fourth-order valence-corrected chi connectivity index (χ4v) is 5.05. The Morgan fingerprint density at radius 1 is 1.07 bits per heavy atom. The molecule has 1 atom stereocenters. The van der Waals surface area contributed by atoms with E-state index in [1.54, 1.807) is 12.1 Å². The molecule has 0 aliphatic carbocycles. The van der Waals surface area contributed by atoms with Crippen LogP contribution in [0.2, 0.25) is 0 Å². The summed E-state index contributed by atoms with van der Waals surface area (Å²) in [5, 5.41) is 4.10. The van der Waals surface area contributed by atoms with Gasteiger partial charge in [-0.2, -0.15) is 9.29 Å². The molecule has 0 N–H and O–H groups in total. The SMILES string of the molecule is Cc1ccc(S(=O)(=O)N2CCCC(c3nc(-c4cccc(C)c4)no3)C2)cc1. The Hall–Kier alpha value is -2.51. The van der Waals surface area contributed by atoms with Crippen molar-refractivity contribution in [1.29, 1.82) is 0 Å². The van der Waals surface area contributed by atoms with Crippen molar-refractivity contribution in [3.05, 3.63) is 65.5 Å². The van der Waals surface area contributed by atoms with Crippen LogP contribution in [0.25, 0.3) is 11.4 Å². The first-order valence-corrected chi connectivity index (χ1v) is 10.8. The largest absolute Gasteiger partial charge is 0.339 e. The lowest BCUT2D eigenvalue weighted by Gasteiger charge is -2.30. The lowest BCUT2D eigenvalue weighted by Crippen LogP contribution is -2.39. The number of rotatable bonds is 4. The van der Waals surface area contributed by atoms with E-state index in [1.165, 1.54) is 4.31 Å². The normalized spacial score (nSPS) is 18.3. The zero-order chi connectivity index (χ0) is 19.7. The zero-order valence-electron chi connectivity index (χ0n) is 16.0. The number of aryl methyl sites for hydroxylation is 2. The van der Waals surface area contributed by atoms with Gasteiger partial charge in [0.2, 0.25) is 21.7 Å². The molecule has 1 aliphatic rings. The Kier molecular flexibility index (Phi) is 5.03. The van der Waals surface area contributed by atoms with Crippen LogP contribution in [0.4, 0.5) is 0 Å². The first kappa shape index (κ1) is 18.8. The molecule has 6 nitrogen and oxygen atoms in total. The monoisotopic (exact) mass is 397 g/mol. The van der Waals surface area contributed by atoms with Gasteiger partial charge in [0.15, 0.2) is 0 Å². The summed E-state index contributed by atoms with van der Waals surface area (Å²) in [6.07, 6.45) is 1.59. The van der Waals surface area contributed by atoms with Gasteiger partial charge >= 0.3 is 0 Å². The van der Waals surface area contributed by atoms with E-state index in [1.807, 2.05) is 50.2 Å². The number of hydrogen-bond acceptors (Lipinski definition) is 5. The van der Waals surface area contributed by atoms with E-state index in [9.17, 15) is 8.42 Å². The summed E-state index contributed by atoms with van der Waals surface area (Å²) in [6, 6.07) is 14.9. The van der Waals surface area contributed by atoms with Crippen molar-refractivity contribution in [3.8, 4) is 11.4 Å². The van der Waals surface area contributed by atoms with Crippen LogP contribution < -0.4 is 0 Å². The lowest BCUT2D eigenvalue weighted by atomic mass is 10.00. The Morgan fingerprint density at radius 2 is 1.86 bits per heavy atom. The Bertz CT molecular complexity index is 1070. The number of benzene rings is 2. The van der Waals surface area contributed by atoms with Gasteiger partial charge in [0.25, 0.3) is 0 Å². The second-order valence-electron chi connectivity index (χ2n) is 7.34.